The van der Waals surface area contributed by atoms with E-state index in [9.17, 15) is 14.0 Å². The quantitative estimate of drug-likeness (QED) is 0.842. The smallest absolute Gasteiger partial charge is 0.310 e. The van der Waals surface area contributed by atoms with Crippen LogP contribution < -0.4 is 5.32 Å². The normalized spacial score (nSPS) is 28.4. The largest absolute Gasteiger partial charge is 0.327 e. The summed E-state index contributed by atoms with van der Waals surface area (Å²) in [5, 5.41) is 9.94. The van der Waals surface area contributed by atoms with Crippen molar-refractivity contribution in [1.82, 2.24) is 25.0 Å². The first-order chi connectivity index (χ1) is 13.0. The Kier molecular flexibility index (Phi) is 4.35. The molecule has 1 aromatic rings. The van der Waals surface area contributed by atoms with Crippen molar-refractivity contribution in [3.8, 4) is 0 Å². The minimum Gasteiger partial charge on any atom is -0.310 e. The van der Waals surface area contributed by atoms with Crippen molar-refractivity contribution < 1.29 is 14.0 Å². The number of rotatable bonds is 3. The third-order valence-corrected chi connectivity index (χ3v) is 5.44. The molecular weight excluding hydrogens is 351 g/mol. The highest BCUT2D eigenvalue weighted by Gasteiger charge is 2.56. The maximum atomic E-state index is 13.3. The molecule has 144 valence electrons. The van der Waals surface area contributed by atoms with Crippen LogP contribution in [0.2, 0.25) is 0 Å². The van der Waals surface area contributed by atoms with Crippen LogP contribution in [0.25, 0.3) is 0 Å². The molecule has 9 heteroatoms. The molecule has 0 bridgehead atoms. The summed E-state index contributed by atoms with van der Waals surface area (Å²) in [7, 11) is 1.71. The first-order valence-corrected chi connectivity index (χ1v) is 9.16. The zero-order valence-corrected chi connectivity index (χ0v) is 15.6. The Hall–Kier alpha value is -2.52. The lowest BCUT2D eigenvalue weighted by Gasteiger charge is -2.42. The lowest BCUT2D eigenvalue weighted by Crippen LogP contribution is -2.66. The number of imide groups is 1. The van der Waals surface area contributed by atoms with E-state index < -0.39 is 12.2 Å². The topological polar surface area (TPSA) is 71.5 Å². The van der Waals surface area contributed by atoms with Crippen molar-refractivity contribution in [3.05, 3.63) is 35.6 Å². The van der Waals surface area contributed by atoms with Gasteiger partial charge in [-0.3, -0.25) is 20.0 Å². The zero-order chi connectivity index (χ0) is 19.3. The number of urea groups is 1. The second-order valence-electron chi connectivity index (χ2n) is 6.89. The first-order valence-electron chi connectivity index (χ1n) is 9.16. The molecule has 3 unspecified atom stereocenters. The molecule has 2 fully saturated rings. The predicted octanol–water partition coefficient (Wildman–Crippen LogP) is 0.663. The molecule has 4 rings (SSSR count). The Balaban J connectivity index is 1.70. The predicted molar refractivity (Wildman–Crippen MR) is 97.1 cm³/mol. The highest BCUT2D eigenvalue weighted by molar-refractivity contribution is 6.04. The van der Waals surface area contributed by atoms with Gasteiger partial charge in [0, 0.05) is 26.7 Å². The molecule has 8 nitrogen and oxygen atoms in total. The standard InChI is InChI=1S/C18H23FN6O2/c1-4-23-16(26)14-15(22(3)18(23)27)20-17-24(14)10-13(21-25(17)5-2)11-6-8-12(19)9-7-11/h6-9,14-15,17,20H,4-5,10H2,1-3H3. The molecule has 0 saturated carbocycles. The van der Waals surface area contributed by atoms with E-state index in [0.717, 1.165) is 11.3 Å². The first kappa shape index (κ1) is 17.9. The Morgan fingerprint density at radius 2 is 1.89 bits per heavy atom. The van der Waals surface area contributed by atoms with Crippen molar-refractivity contribution in [2.24, 2.45) is 5.10 Å². The Morgan fingerprint density at radius 1 is 1.19 bits per heavy atom. The van der Waals surface area contributed by atoms with Crippen molar-refractivity contribution >= 4 is 17.6 Å². The number of halogens is 1. The van der Waals surface area contributed by atoms with Gasteiger partial charge in [0.15, 0.2) is 6.29 Å². The number of nitrogens with zero attached hydrogens (tertiary/aromatic N) is 5. The third kappa shape index (κ3) is 2.69. The minimum atomic E-state index is -0.488. The number of hydrogen-bond acceptors (Lipinski definition) is 6. The minimum absolute atomic E-state index is 0.197. The fourth-order valence-electron chi connectivity index (χ4n) is 4.02. The van der Waals surface area contributed by atoms with E-state index >= 15 is 0 Å². The van der Waals surface area contributed by atoms with Crippen LogP contribution >= 0.6 is 0 Å². The number of fused-ring (bicyclic) bond motifs is 3. The van der Waals surface area contributed by atoms with Gasteiger partial charge in [-0.15, -0.1) is 0 Å². The van der Waals surface area contributed by atoms with Crippen LogP contribution in [0.4, 0.5) is 9.18 Å². The molecule has 0 aliphatic carbocycles. The lowest BCUT2D eigenvalue weighted by molar-refractivity contribution is -0.138. The van der Waals surface area contributed by atoms with E-state index in [2.05, 4.69) is 5.32 Å². The van der Waals surface area contributed by atoms with Gasteiger partial charge < -0.3 is 4.90 Å². The van der Waals surface area contributed by atoms with Gasteiger partial charge in [0.1, 0.15) is 18.0 Å². The molecule has 3 aliphatic rings. The number of carbonyl (C=O) groups excluding carboxylic acids is 2. The van der Waals surface area contributed by atoms with Crippen molar-refractivity contribution in [1.29, 1.82) is 0 Å². The van der Waals surface area contributed by atoms with Crippen LogP contribution in [0.3, 0.4) is 0 Å². The maximum Gasteiger partial charge on any atom is 0.327 e. The van der Waals surface area contributed by atoms with E-state index in [1.54, 1.807) is 31.0 Å². The SMILES string of the molecule is CCN1C(=O)C2C(NC3N(CC)N=C(c4ccc(F)cc4)CN23)N(C)C1=O. The summed E-state index contributed by atoms with van der Waals surface area (Å²) in [5.74, 6) is -0.499. The van der Waals surface area contributed by atoms with E-state index in [1.807, 2.05) is 16.8 Å². The highest BCUT2D eigenvalue weighted by atomic mass is 19.1. The molecule has 0 spiro atoms. The van der Waals surface area contributed by atoms with Gasteiger partial charge >= 0.3 is 6.03 Å². The van der Waals surface area contributed by atoms with E-state index in [-0.39, 0.29) is 24.0 Å². The number of hydrazone groups is 1. The summed E-state index contributed by atoms with van der Waals surface area (Å²) >= 11 is 0. The summed E-state index contributed by atoms with van der Waals surface area (Å²) in [6.07, 6.45) is -0.681. The van der Waals surface area contributed by atoms with Crippen LogP contribution in [-0.4, -0.2) is 82.5 Å². The second kappa shape index (κ2) is 6.58. The average molecular weight is 374 g/mol. The summed E-state index contributed by atoms with van der Waals surface area (Å²) in [5.41, 5.74) is 1.59. The molecule has 27 heavy (non-hydrogen) atoms. The number of benzene rings is 1. The van der Waals surface area contributed by atoms with Gasteiger partial charge in [-0.1, -0.05) is 12.1 Å². The number of likely N-dealkylation sites (N-methyl/N-ethyl adjacent to an activating group) is 2. The molecule has 0 radical (unpaired) electrons. The summed E-state index contributed by atoms with van der Waals surface area (Å²) in [6.45, 7) is 5.17. The monoisotopic (exact) mass is 374 g/mol. The molecule has 2 saturated heterocycles. The fraction of sp³-hybridized carbons (Fsp3) is 0.500. The summed E-state index contributed by atoms with van der Waals surface area (Å²) < 4.78 is 13.3. The number of carbonyl (C=O) groups is 2. The lowest BCUT2D eigenvalue weighted by atomic mass is 10.1. The Labute approximate surface area is 157 Å². The van der Waals surface area contributed by atoms with Gasteiger partial charge in [-0.25, -0.2) is 14.1 Å². The fourth-order valence-corrected chi connectivity index (χ4v) is 4.02. The summed E-state index contributed by atoms with van der Waals surface area (Å²) in [4.78, 5) is 30.4. The molecule has 3 heterocycles. The van der Waals surface area contributed by atoms with Crippen LogP contribution in [0.1, 0.15) is 19.4 Å². The summed E-state index contributed by atoms with van der Waals surface area (Å²) in [6, 6.07) is 5.42. The van der Waals surface area contributed by atoms with Crippen LogP contribution in [0.5, 0.6) is 0 Å². The molecule has 1 N–H and O–H groups in total. The van der Waals surface area contributed by atoms with Crippen molar-refractivity contribution in [2.45, 2.75) is 32.3 Å². The van der Waals surface area contributed by atoms with Crippen LogP contribution in [-0.2, 0) is 4.79 Å². The van der Waals surface area contributed by atoms with Crippen LogP contribution in [0.15, 0.2) is 29.4 Å². The van der Waals surface area contributed by atoms with E-state index in [1.165, 1.54) is 17.0 Å². The van der Waals surface area contributed by atoms with Crippen molar-refractivity contribution in [3.63, 3.8) is 0 Å². The number of nitrogens with one attached hydrogen (secondary N) is 1. The molecular formula is C18H23FN6O2. The van der Waals surface area contributed by atoms with Gasteiger partial charge in [0.05, 0.1) is 5.71 Å². The number of hydrogen-bond donors (Lipinski definition) is 1. The molecule has 3 amide bonds. The van der Waals surface area contributed by atoms with Crippen LogP contribution in [0, 0.1) is 5.82 Å². The maximum absolute atomic E-state index is 13.3. The third-order valence-electron chi connectivity index (χ3n) is 5.44. The molecule has 3 atom stereocenters. The average Bonchev–Trinajstić information content (AvgIpc) is 3.06. The highest BCUT2D eigenvalue weighted by Crippen LogP contribution is 2.30. The van der Waals surface area contributed by atoms with Gasteiger partial charge in [-0.2, -0.15) is 5.10 Å². The van der Waals surface area contributed by atoms with Gasteiger partial charge in [0.25, 0.3) is 5.91 Å². The molecule has 0 aromatic heterocycles. The number of amides is 3. The van der Waals surface area contributed by atoms with E-state index in [0.29, 0.717) is 19.6 Å². The Morgan fingerprint density at radius 3 is 2.52 bits per heavy atom. The second-order valence-corrected chi connectivity index (χ2v) is 6.89. The Bertz CT molecular complexity index is 798. The zero-order valence-electron chi connectivity index (χ0n) is 15.6. The molecule has 1 aromatic carbocycles. The van der Waals surface area contributed by atoms with Crippen molar-refractivity contribution in [2.75, 3.05) is 26.7 Å². The van der Waals surface area contributed by atoms with E-state index in [4.69, 9.17) is 5.10 Å². The molecule has 3 aliphatic heterocycles. The van der Waals surface area contributed by atoms with Gasteiger partial charge in [0.2, 0.25) is 0 Å². The van der Waals surface area contributed by atoms with Gasteiger partial charge in [-0.05, 0) is 31.5 Å².